The lowest BCUT2D eigenvalue weighted by molar-refractivity contribution is 0.0520. The van der Waals surface area contributed by atoms with Gasteiger partial charge in [-0.15, -0.1) is 0 Å². The molecule has 1 aromatic carbocycles. The van der Waals surface area contributed by atoms with Crippen LogP contribution in [0, 0.1) is 6.92 Å². The molecule has 0 unspecified atom stereocenters. The molecular weight excluding hydrogens is 258 g/mol. The molecule has 0 saturated carbocycles. The number of hydrogen-bond acceptors (Lipinski definition) is 4. The molecule has 5 nitrogen and oxygen atoms in total. The molecule has 1 N–H and O–H groups in total. The first-order chi connectivity index (χ1) is 9.31. The topological polar surface area (TPSA) is 64.6 Å². The molecule has 0 saturated heterocycles. The number of carbonyl (C=O) groups excluding carboxylic acids is 2. The maximum Gasteiger partial charge on any atom is 0.407 e. The van der Waals surface area contributed by atoms with E-state index in [9.17, 15) is 9.59 Å². The van der Waals surface area contributed by atoms with Gasteiger partial charge in [-0.3, -0.25) is 4.79 Å². The van der Waals surface area contributed by atoms with Crippen LogP contribution in [-0.2, 0) is 4.74 Å². The van der Waals surface area contributed by atoms with E-state index in [1.54, 1.807) is 39.0 Å². The molecule has 0 aliphatic heterocycles. The van der Waals surface area contributed by atoms with E-state index in [-0.39, 0.29) is 0 Å². The van der Waals surface area contributed by atoms with Crippen molar-refractivity contribution < 1.29 is 19.1 Å². The first-order valence-electron chi connectivity index (χ1n) is 6.47. The third-order valence-corrected chi connectivity index (χ3v) is 2.36. The van der Waals surface area contributed by atoms with E-state index in [1.807, 2.05) is 6.92 Å². The second-order valence-electron chi connectivity index (χ2n) is 5.42. The molecule has 0 spiro atoms. The van der Waals surface area contributed by atoms with Crippen LogP contribution in [0.4, 0.5) is 4.79 Å². The van der Waals surface area contributed by atoms with Crippen LogP contribution < -0.4 is 10.1 Å². The van der Waals surface area contributed by atoms with E-state index in [1.165, 1.54) is 0 Å². The van der Waals surface area contributed by atoms with Crippen molar-refractivity contribution in [3.05, 3.63) is 29.3 Å². The van der Waals surface area contributed by atoms with Gasteiger partial charge in [-0.1, -0.05) is 0 Å². The summed E-state index contributed by atoms with van der Waals surface area (Å²) in [5, 5.41) is 2.61. The number of aryl methyl sites for hydroxylation is 1. The van der Waals surface area contributed by atoms with Gasteiger partial charge in [-0.2, -0.15) is 0 Å². The summed E-state index contributed by atoms with van der Waals surface area (Å²) >= 11 is 0. The molecule has 20 heavy (non-hydrogen) atoms. The van der Waals surface area contributed by atoms with Crippen LogP contribution in [0.3, 0.4) is 0 Å². The van der Waals surface area contributed by atoms with Gasteiger partial charge in [0.2, 0.25) is 0 Å². The third kappa shape index (κ3) is 5.73. The van der Waals surface area contributed by atoms with Gasteiger partial charge in [0.25, 0.3) is 0 Å². The van der Waals surface area contributed by atoms with Gasteiger partial charge in [0.15, 0.2) is 0 Å². The zero-order chi connectivity index (χ0) is 15.2. The van der Waals surface area contributed by atoms with Crippen molar-refractivity contribution in [2.45, 2.75) is 33.3 Å². The molecule has 5 heteroatoms. The summed E-state index contributed by atoms with van der Waals surface area (Å²) in [7, 11) is 0. The fourth-order valence-electron chi connectivity index (χ4n) is 1.54. The van der Waals surface area contributed by atoms with Crippen molar-refractivity contribution in [3.63, 3.8) is 0 Å². The summed E-state index contributed by atoms with van der Waals surface area (Å²) in [6.45, 7) is 7.97. The molecule has 1 rings (SSSR count). The number of hydrogen-bond donors (Lipinski definition) is 1. The van der Waals surface area contributed by atoms with E-state index in [2.05, 4.69) is 5.32 Å². The monoisotopic (exact) mass is 279 g/mol. The lowest BCUT2D eigenvalue weighted by atomic mass is 10.1. The van der Waals surface area contributed by atoms with Crippen LogP contribution in [-0.4, -0.2) is 31.1 Å². The molecule has 0 heterocycles. The average molecular weight is 279 g/mol. The van der Waals surface area contributed by atoms with Crippen molar-refractivity contribution in [2.75, 3.05) is 13.2 Å². The van der Waals surface area contributed by atoms with Crippen LogP contribution in [0.2, 0.25) is 0 Å². The number of nitrogens with one attached hydrogen (secondary N) is 1. The van der Waals surface area contributed by atoms with Crippen molar-refractivity contribution in [3.8, 4) is 5.75 Å². The third-order valence-electron chi connectivity index (χ3n) is 2.36. The summed E-state index contributed by atoms with van der Waals surface area (Å²) < 4.78 is 10.6. The number of aldehydes is 1. The fraction of sp³-hybridized carbons (Fsp3) is 0.467. The average Bonchev–Trinajstić information content (AvgIpc) is 2.33. The lowest BCUT2D eigenvalue weighted by Crippen LogP contribution is -2.34. The van der Waals surface area contributed by atoms with Crippen molar-refractivity contribution in [1.82, 2.24) is 5.32 Å². The van der Waals surface area contributed by atoms with Gasteiger partial charge < -0.3 is 14.8 Å². The Hall–Kier alpha value is -2.04. The molecular formula is C15H21NO4. The summed E-state index contributed by atoms with van der Waals surface area (Å²) in [5.74, 6) is 0.696. The molecule has 110 valence electrons. The molecule has 0 radical (unpaired) electrons. The zero-order valence-corrected chi connectivity index (χ0v) is 12.4. The highest BCUT2D eigenvalue weighted by Gasteiger charge is 2.15. The summed E-state index contributed by atoms with van der Waals surface area (Å²) in [5.41, 5.74) is 0.986. The Morgan fingerprint density at radius 2 is 2.05 bits per heavy atom. The Morgan fingerprint density at radius 3 is 2.60 bits per heavy atom. The molecule has 0 aliphatic rings. The van der Waals surface area contributed by atoms with E-state index in [0.717, 1.165) is 11.8 Å². The molecule has 0 bridgehead atoms. The van der Waals surface area contributed by atoms with Gasteiger partial charge in [0.05, 0.1) is 6.54 Å². The van der Waals surface area contributed by atoms with E-state index in [4.69, 9.17) is 9.47 Å². The van der Waals surface area contributed by atoms with Crippen LogP contribution >= 0.6 is 0 Å². The minimum absolute atomic E-state index is 0.334. The van der Waals surface area contributed by atoms with Gasteiger partial charge in [0.1, 0.15) is 24.2 Å². The maximum absolute atomic E-state index is 11.4. The number of ether oxygens (including phenoxy) is 2. The number of rotatable bonds is 5. The second-order valence-corrected chi connectivity index (χ2v) is 5.42. The normalized spacial score (nSPS) is 10.8. The van der Waals surface area contributed by atoms with Crippen LogP contribution in [0.5, 0.6) is 5.75 Å². The Kier molecular flexibility index (Phi) is 5.55. The Labute approximate surface area is 119 Å². The predicted molar refractivity (Wildman–Crippen MR) is 76.3 cm³/mol. The van der Waals surface area contributed by atoms with Crippen molar-refractivity contribution >= 4 is 12.4 Å². The Balaban J connectivity index is 2.34. The van der Waals surface area contributed by atoms with Crippen LogP contribution in [0.25, 0.3) is 0 Å². The summed E-state index contributed by atoms with van der Waals surface area (Å²) in [6.07, 6.45) is 0.329. The van der Waals surface area contributed by atoms with E-state index < -0.39 is 11.7 Å². The highest BCUT2D eigenvalue weighted by atomic mass is 16.6. The first kappa shape index (κ1) is 16.0. The largest absolute Gasteiger partial charge is 0.491 e. The Bertz CT molecular complexity index is 477. The quantitative estimate of drug-likeness (QED) is 0.665. The van der Waals surface area contributed by atoms with Gasteiger partial charge in [0, 0.05) is 5.56 Å². The second kappa shape index (κ2) is 6.93. The van der Waals surface area contributed by atoms with Crippen LogP contribution in [0.15, 0.2) is 18.2 Å². The lowest BCUT2D eigenvalue weighted by Gasteiger charge is -2.19. The molecule has 0 atom stereocenters. The van der Waals surface area contributed by atoms with Gasteiger partial charge in [-0.05, 0) is 51.5 Å². The van der Waals surface area contributed by atoms with Gasteiger partial charge >= 0.3 is 6.09 Å². The molecule has 1 aromatic rings. The van der Waals surface area contributed by atoms with Crippen molar-refractivity contribution in [2.24, 2.45) is 0 Å². The first-order valence-corrected chi connectivity index (χ1v) is 6.47. The molecule has 0 aromatic heterocycles. The standard InChI is InChI=1S/C15H21NO4/c1-11-9-12(10-17)5-6-13(11)19-8-7-16-14(18)20-15(2,3)4/h5-6,9-10H,7-8H2,1-4H3,(H,16,18). The zero-order valence-electron chi connectivity index (χ0n) is 12.4. The number of benzene rings is 1. The number of carbonyl (C=O) groups is 2. The number of alkyl carbamates (subject to hydrolysis) is 1. The van der Waals surface area contributed by atoms with Crippen LogP contribution in [0.1, 0.15) is 36.7 Å². The smallest absolute Gasteiger partial charge is 0.407 e. The Morgan fingerprint density at radius 1 is 1.35 bits per heavy atom. The minimum atomic E-state index is -0.508. The fourth-order valence-corrected chi connectivity index (χ4v) is 1.54. The maximum atomic E-state index is 11.4. The van der Waals surface area contributed by atoms with Crippen molar-refractivity contribution in [1.29, 1.82) is 0 Å². The molecule has 0 fully saturated rings. The van der Waals surface area contributed by atoms with E-state index in [0.29, 0.717) is 24.5 Å². The highest BCUT2D eigenvalue weighted by Crippen LogP contribution is 2.18. The summed E-state index contributed by atoms with van der Waals surface area (Å²) in [6, 6.07) is 5.19. The molecule has 1 amide bonds. The highest BCUT2D eigenvalue weighted by molar-refractivity contribution is 5.75. The van der Waals surface area contributed by atoms with E-state index >= 15 is 0 Å². The minimum Gasteiger partial charge on any atom is -0.491 e. The van der Waals surface area contributed by atoms with Gasteiger partial charge in [-0.25, -0.2) is 4.79 Å². The SMILES string of the molecule is Cc1cc(C=O)ccc1OCCNC(=O)OC(C)(C)C. The summed E-state index contributed by atoms with van der Waals surface area (Å²) in [4.78, 5) is 22.0. The predicted octanol–water partition coefficient (Wildman–Crippen LogP) is 2.71. The molecule has 0 aliphatic carbocycles. The number of amides is 1.